The number of fused-ring (bicyclic) bond motifs is 2. The van der Waals surface area contributed by atoms with E-state index in [1.807, 2.05) is 13.8 Å². The molecule has 2 saturated heterocycles. The van der Waals surface area contributed by atoms with E-state index in [1.165, 1.54) is 45.5 Å². The van der Waals surface area contributed by atoms with Gasteiger partial charge in [-0.15, -0.1) is 5.10 Å². The number of pyridine rings is 2. The van der Waals surface area contributed by atoms with Crippen molar-refractivity contribution in [3.8, 4) is 0 Å². The van der Waals surface area contributed by atoms with Crippen LogP contribution in [0, 0.1) is 0 Å². The summed E-state index contributed by atoms with van der Waals surface area (Å²) in [6, 6.07) is 3.42. The number of hydrogen-bond donors (Lipinski definition) is 1. The normalized spacial score (nSPS) is 24.4. The zero-order valence-electron chi connectivity index (χ0n) is 30.1. The average molecular weight is 798 g/mol. The number of esters is 5. The summed E-state index contributed by atoms with van der Waals surface area (Å²) in [6.07, 6.45) is -1.95. The van der Waals surface area contributed by atoms with E-state index in [2.05, 4.69) is 35.7 Å². The van der Waals surface area contributed by atoms with Crippen molar-refractivity contribution in [1.29, 1.82) is 0 Å². The predicted molar refractivity (Wildman–Crippen MR) is 184 cm³/mol. The minimum atomic E-state index is -1.06. The first-order valence-corrected chi connectivity index (χ1v) is 17.2. The second-order valence-corrected chi connectivity index (χ2v) is 12.3. The van der Waals surface area contributed by atoms with Crippen molar-refractivity contribution in [2.45, 2.75) is 110 Å². The third kappa shape index (κ3) is 10.3. The molecule has 8 atom stereocenters. The Bertz CT molecular complexity index is 1960. The summed E-state index contributed by atoms with van der Waals surface area (Å²) in [5, 5.41) is 18.7. The number of halogens is 2. The molecule has 0 aliphatic carbocycles. The van der Waals surface area contributed by atoms with Gasteiger partial charge in [0.05, 0.1) is 5.52 Å². The van der Waals surface area contributed by atoms with Crippen LogP contribution in [0.15, 0.2) is 24.5 Å². The molecule has 0 saturated carbocycles. The van der Waals surface area contributed by atoms with Crippen LogP contribution in [-0.2, 0) is 57.1 Å². The highest BCUT2D eigenvalue weighted by molar-refractivity contribution is 6.33. The first-order chi connectivity index (χ1) is 25.6. The van der Waals surface area contributed by atoms with Crippen molar-refractivity contribution in [2.24, 2.45) is 0 Å². The molecule has 4 aromatic heterocycles. The quantitative estimate of drug-likeness (QED) is 0.153. The van der Waals surface area contributed by atoms with E-state index in [1.54, 1.807) is 18.3 Å². The number of aromatic nitrogens is 8. The molecule has 2 fully saturated rings. The Labute approximate surface area is 317 Å². The van der Waals surface area contributed by atoms with Gasteiger partial charge in [-0.3, -0.25) is 24.0 Å². The second-order valence-electron chi connectivity index (χ2n) is 11.6. The summed E-state index contributed by atoms with van der Waals surface area (Å²) >= 11 is 11.7. The number of aromatic amines is 1. The SMILES string of the molecule is CC[C@H]1O[C@@H](OC(C)=O)[C@@H](OC(C)=O)C1OC(C)=O.CC[C@H]1O[C@@H](n2nnc3c(Cl)nccc32)[C@@H](OC(C)=O)C1OC(C)=O.Clc1nccc2n[nH]nc12. The average Bonchev–Trinajstić information content (AvgIpc) is 3.88. The van der Waals surface area contributed by atoms with Crippen LogP contribution >= 0.6 is 23.2 Å². The number of nitrogens with zero attached hydrogens (tertiary/aromatic N) is 7. The van der Waals surface area contributed by atoms with Crippen molar-refractivity contribution in [2.75, 3.05) is 0 Å². The Morgan fingerprint density at radius 3 is 1.74 bits per heavy atom. The molecular weight excluding hydrogens is 759 g/mol. The number of nitrogens with one attached hydrogen (secondary N) is 1. The summed E-state index contributed by atoms with van der Waals surface area (Å²) < 4.78 is 38.7. The molecule has 1 N–H and O–H groups in total. The first-order valence-electron chi connectivity index (χ1n) is 16.5. The molecule has 6 rings (SSSR count). The van der Waals surface area contributed by atoms with Gasteiger partial charge >= 0.3 is 29.8 Å². The lowest BCUT2D eigenvalue weighted by Gasteiger charge is -2.23. The van der Waals surface area contributed by atoms with Gasteiger partial charge in [0.25, 0.3) is 0 Å². The van der Waals surface area contributed by atoms with Crippen LogP contribution in [0.25, 0.3) is 22.1 Å². The maximum Gasteiger partial charge on any atom is 0.305 e. The Hall–Kier alpha value is -5.05. The van der Waals surface area contributed by atoms with Crippen LogP contribution in [0.5, 0.6) is 0 Å². The van der Waals surface area contributed by atoms with E-state index in [0.717, 1.165) is 5.52 Å². The van der Waals surface area contributed by atoms with Gasteiger partial charge < -0.3 is 33.2 Å². The summed E-state index contributed by atoms with van der Waals surface area (Å²) in [4.78, 5) is 64.0. The van der Waals surface area contributed by atoms with Gasteiger partial charge in [0.1, 0.15) is 23.2 Å². The van der Waals surface area contributed by atoms with Crippen LogP contribution < -0.4 is 0 Å². The Kier molecular flexibility index (Phi) is 14.5. The van der Waals surface area contributed by atoms with Crippen LogP contribution in [0.4, 0.5) is 0 Å². The highest BCUT2D eigenvalue weighted by Crippen LogP contribution is 2.37. The van der Waals surface area contributed by atoms with Crippen molar-refractivity contribution < 1.29 is 57.1 Å². The molecule has 0 spiro atoms. The molecule has 6 heterocycles. The first kappa shape index (κ1) is 41.7. The van der Waals surface area contributed by atoms with Crippen molar-refractivity contribution in [3.63, 3.8) is 0 Å². The van der Waals surface area contributed by atoms with E-state index < -0.39 is 79.0 Å². The van der Waals surface area contributed by atoms with Gasteiger partial charge in [-0.1, -0.05) is 42.3 Å². The van der Waals surface area contributed by atoms with Gasteiger partial charge in [0.2, 0.25) is 12.4 Å². The lowest BCUT2D eigenvalue weighted by molar-refractivity contribution is -0.195. The lowest BCUT2D eigenvalue weighted by Crippen LogP contribution is -2.40. The number of hydrogen-bond acceptors (Lipinski definition) is 18. The highest BCUT2D eigenvalue weighted by Gasteiger charge is 2.51. The fraction of sp³-hybridized carbons (Fsp3) is 0.531. The molecule has 2 aliphatic rings. The molecule has 0 radical (unpaired) electrons. The molecule has 0 amide bonds. The Balaban J connectivity index is 0.000000197. The zero-order valence-corrected chi connectivity index (χ0v) is 31.6. The fourth-order valence-corrected chi connectivity index (χ4v) is 5.97. The molecule has 2 aliphatic heterocycles. The van der Waals surface area contributed by atoms with E-state index in [4.69, 9.17) is 56.4 Å². The summed E-state index contributed by atoms with van der Waals surface area (Å²) in [5.41, 5.74) is 2.32. The predicted octanol–water partition coefficient (Wildman–Crippen LogP) is 3.20. The van der Waals surface area contributed by atoms with Crippen molar-refractivity contribution in [3.05, 3.63) is 34.8 Å². The van der Waals surface area contributed by atoms with Crippen LogP contribution in [0.3, 0.4) is 0 Å². The highest BCUT2D eigenvalue weighted by atomic mass is 35.5. The van der Waals surface area contributed by atoms with Gasteiger partial charge in [-0.25, -0.2) is 14.6 Å². The van der Waals surface area contributed by atoms with Crippen LogP contribution in [0.2, 0.25) is 10.3 Å². The van der Waals surface area contributed by atoms with E-state index in [9.17, 15) is 24.0 Å². The molecule has 0 bridgehead atoms. The number of H-pyrrole nitrogens is 1. The smallest absolute Gasteiger partial charge is 0.305 e. The Morgan fingerprint density at radius 2 is 1.19 bits per heavy atom. The topological polar surface area (TPSA) is 248 Å². The van der Waals surface area contributed by atoms with Gasteiger partial charge in [-0.2, -0.15) is 15.4 Å². The minimum Gasteiger partial charge on any atom is -0.456 e. The van der Waals surface area contributed by atoms with Crippen LogP contribution in [0.1, 0.15) is 67.5 Å². The third-order valence-electron chi connectivity index (χ3n) is 7.63. The van der Waals surface area contributed by atoms with Crippen LogP contribution in [-0.4, -0.2) is 113 Å². The molecule has 20 nitrogen and oxygen atoms in total. The molecule has 54 heavy (non-hydrogen) atoms. The number of rotatable bonds is 8. The summed E-state index contributed by atoms with van der Waals surface area (Å²) in [7, 11) is 0. The summed E-state index contributed by atoms with van der Waals surface area (Å²) in [6.45, 7) is 9.96. The largest absolute Gasteiger partial charge is 0.456 e. The number of carbonyl (C=O) groups is 5. The fourth-order valence-electron chi connectivity index (χ4n) is 5.58. The molecule has 0 aromatic carbocycles. The van der Waals surface area contributed by atoms with Gasteiger partial charge in [0.15, 0.2) is 40.4 Å². The zero-order chi connectivity index (χ0) is 39.7. The van der Waals surface area contributed by atoms with E-state index in [0.29, 0.717) is 34.5 Å². The van der Waals surface area contributed by atoms with Crippen molar-refractivity contribution >= 4 is 75.1 Å². The van der Waals surface area contributed by atoms with Gasteiger partial charge in [0, 0.05) is 47.0 Å². The summed E-state index contributed by atoms with van der Waals surface area (Å²) in [5.74, 6) is -2.66. The van der Waals surface area contributed by atoms with E-state index >= 15 is 0 Å². The van der Waals surface area contributed by atoms with Gasteiger partial charge in [-0.05, 0) is 25.0 Å². The Morgan fingerprint density at radius 1 is 0.685 bits per heavy atom. The monoisotopic (exact) mass is 796 g/mol. The lowest BCUT2D eigenvalue weighted by atomic mass is 10.1. The molecule has 292 valence electrons. The van der Waals surface area contributed by atoms with E-state index in [-0.39, 0.29) is 5.15 Å². The maximum absolute atomic E-state index is 11.6. The maximum atomic E-state index is 11.6. The standard InChI is InChI=1S/C15H17ClN4O5.C12H18O7.C5H3ClN4/c1-4-10-12(23-7(2)21)13(24-8(3)22)15(25-10)20-9-5-6-17-14(16)11(9)18-19-20;1-5-9-10(16-6(2)13)11(17-7(3)14)12(19-9)18-8(4)15;6-5-4-3(1-2-7-5)8-10-9-4/h5-6,10,12-13,15H,4H2,1-3H3;9-12H,5H2,1-4H3;1-2H,(H,8,9,10)/t10-,12?,13+,15-;9-,10?,11+,12-;/m11./s1. The number of ether oxygens (including phenoxy) is 7. The third-order valence-corrected chi connectivity index (χ3v) is 8.18. The molecule has 2 unspecified atom stereocenters. The molecule has 22 heteroatoms. The molecule has 4 aromatic rings. The second kappa shape index (κ2) is 18.8. The van der Waals surface area contributed by atoms with Crippen molar-refractivity contribution in [1.82, 2.24) is 40.4 Å². The minimum absolute atomic E-state index is 0.203. The molecular formula is C32H38Cl2N8O12. The number of carbonyl (C=O) groups excluding carboxylic acids is 5.